The zero-order valence-electron chi connectivity index (χ0n) is 11.1. The first-order chi connectivity index (χ1) is 8.83. The van der Waals surface area contributed by atoms with E-state index in [2.05, 4.69) is 13.8 Å². The predicted molar refractivity (Wildman–Crippen MR) is 73.3 cm³/mol. The summed E-state index contributed by atoms with van der Waals surface area (Å²) in [4.78, 5) is 11.4. The quantitative estimate of drug-likeness (QED) is 0.845. The van der Waals surface area contributed by atoms with E-state index in [1.807, 2.05) is 6.07 Å². The molecule has 19 heavy (non-hydrogen) atoms. The van der Waals surface area contributed by atoms with Gasteiger partial charge in [-0.3, -0.25) is 0 Å². The van der Waals surface area contributed by atoms with Gasteiger partial charge in [0.2, 0.25) is 0 Å². The molecule has 1 saturated carbocycles. The number of hydrogen-bond donors (Lipinski definition) is 1. The maximum Gasteiger partial charge on any atom is 0.339 e. The molecular formula is C15H17ClO3. The number of carboxylic acid groups (broad SMARTS) is 1. The fraction of sp³-hybridized carbons (Fsp3) is 0.533. The van der Waals surface area contributed by atoms with Crippen molar-refractivity contribution < 1.29 is 14.6 Å². The van der Waals surface area contributed by atoms with E-state index in [1.165, 1.54) is 6.07 Å². The fourth-order valence-electron chi connectivity index (χ4n) is 3.73. The average molecular weight is 281 g/mol. The molecule has 102 valence electrons. The molecule has 3 rings (SSSR count). The predicted octanol–water partition coefficient (Wildman–Crippen LogP) is 4.02. The molecule has 0 radical (unpaired) electrons. The summed E-state index contributed by atoms with van der Waals surface area (Å²) in [6.07, 6.45) is 4.05. The summed E-state index contributed by atoms with van der Waals surface area (Å²) >= 11 is 6.08. The highest BCUT2D eigenvalue weighted by atomic mass is 35.5. The first kappa shape index (κ1) is 12.8. The number of fused-ring (bicyclic) bond motifs is 4. The monoisotopic (exact) mass is 280 g/mol. The molecular weight excluding hydrogens is 264 g/mol. The van der Waals surface area contributed by atoms with Crippen LogP contribution in [0, 0.1) is 0 Å². The number of aromatic carboxylic acids is 1. The molecule has 0 amide bonds. The largest absolute Gasteiger partial charge is 0.486 e. The lowest BCUT2D eigenvalue weighted by molar-refractivity contribution is -0.00636. The van der Waals surface area contributed by atoms with E-state index in [-0.39, 0.29) is 16.6 Å². The highest BCUT2D eigenvalue weighted by molar-refractivity contribution is 6.31. The Morgan fingerprint density at radius 2 is 2.11 bits per heavy atom. The van der Waals surface area contributed by atoms with Gasteiger partial charge in [0.05, 0.1) is 0 Å². The third-order valence-electron chi connectivity index (χ3n) is 4.48. The lowest BCUT2D eigenvalue weighted by atomic mass is 9.63. The minimum atomic E-state index is -0.981. The second-order valence-electron chi connectivity index (χ2n) is 6.28. The van der Waals surface area contributed by atoms with Crippen LogP contribution in [-0.4, -0.2) is 16.7 Å². The molecule has 1 aliphatic heterocycles. The average Bonchev–Trinajstić information content (AvgIpc) is 2.28. The van der Waals surface area contributed by atoms with Crippen molar-refractivity contribution in [3.05, 3.63) is 28.3 Å². The molecule has 1 heterocycles. The van der Waals surface area contributed by atoms with Crippen LogP contribution in [0.2, 0.25) is 5.02 Å². The van der Waals surface area contributed by atoms with Crippen molar-refractivity contribution in [3.63, 3.8) is 0 Å². The molecule has 2 atom stereocenters. The Balaban J connectivity index is 2.26. The van der Waals surface area contributed by atoms with Crippen LogP contribution in [0.1, 0.15) is 55.5 Å². The van der Waals surface area contributed by atoms with Crippen molar-refractivity contribution in [2.75, 3.05) is 0 Å². The molecule has 0 unspecified atom stereocenters. The summed E-state index contributed by atoms with van der Waals surface area (Å²) in [5, 5.41) is 9.83. The topological polar surface area (TPSA) is 46.5 Å². The standard InChI is InChI=1S/C15H17ClO3/c1-14-4-3-5-15(2,8-14)19-12-10(13(17)18)6-9(16)7-11(12)14/h6-7H,3-5,8H2,1-2H3,(H,17,18)/t14-,15+/m0/s1. The number of hydrogen-bond acceptors (Lipinski definition) is 2. The van der Waals surface area contributed by atoms with Gasteiger partial charge in [0.1, 0.15) is 16.9 Å². The van der Waals surface area contributed by atoms with E-state index in [9.17, 15) is 9.90 Å². The maximum atomic E-state index is 11.4. The van der Waals surface area contributed by atoms with Crippen LogP contribution in [0.4, 0.5) is 0 Å². The van der Waals surface area contributed by atoms with Gasteiger partial charge in [-0.05, 0) is 50.2 Å². The first-order valence-electron chi connectivity index (χ1n) is 6.59. The smallest absolute Gasteiger partial charge is 0.339 e. The Bertz CT molecular complexity index is 569. The molecule has 1 aliphatic carbocycles. The molecule has 0 saturated heterocycles. The van der Waals surface area contributed by atoms with E-state index < -0.39 is 5.97 Å². The van der Waals surface area contributed by atoms with Crippen LogP contribution in [0.15, 0.2) is 12.1 Å². The highest BCUT2D eigenvalue weighted by Gasteiger charge is 2.48. The molecule has 1 aromatic rings. The Morgan fingerprint density at radius 1 is 1.37 bits per heavy atom. The fourth-order valence-corrected chi connectivity index (χ4v) is 3.95. The molecule has 3 nitrogen and oxygen atoms in total. The Hall–Kier alpha value is -1.22. The summed E-state index contributed by atoms with van der Waals surface area (Å²) in [6.45, 7) is 4.27. The minimum Gasteiger partial charge on any atom is -0.486 e. The summed E-state index contributed by atoms with van der Waals surface area (Å²) in [6, 6.07) is 3.35. The molecule has 0 aromatic heterocycles. The van der Waals surface area contributed by atoms with Gasteiger partial charge < -0.3 is 9.84 Å². The lowest BCUT2D eigenvalue weighted by Crippen LogP contribution is -2.48. The van der Waals surface area contributed by atoms with Crippen LogP contribution in [-0.2, 0) is 5.41 Å². The van der Waals surface area contributed by atoms with Crippen molar-refractivity contribution in [3.8, 4) is 5.75 Å². The maximum absolute atomic E-state index is 11.4. The second kappa shape index (κ2) is 3.89. The second-order valence-corrected chi connectivity index (χ2v) is 6.71. The molecule has 1 fully saturated rings. The van der Waals surface area contributed by atoms with Gasteiger partial charge in [-0.25, -0.2) is 4.79 Å². The number of ether oxygens (including phenoxy) is 1. The first-order valence-corrected chi connectivity index (χ1v) is 6.97. The van der Waals surface area contributed by atoms with Gasteiger partial charge >= 0.3 is 5.97 Å². The van der Waals surface area contributed by atoms with Crippen molar-refractivity contribution in [2.24, 2.45) is 0 Å². The van der Waals surface area contributed by atoms with Crippen LogP contribution < -0.4 is 4.74 Å². The Morgan fingerprint density at radius 3 is 2.79 bits per heavy atom. The van der Waals surface area contributed by atoms with Gasteiger partial charge in [-0.1, -0.05) is 18.5 Å². The van der Waals surface area contributed by atoms with E-state index in [0.717, 1.165) is 31.2 Å². The normalized spacial score (nSPS) is 32.4. The summed E-state index contributed by atoms with van der Waals surface area (Å²) in [5.41, 5.74) is 0.851. The summed E-state index contributed by atoms with van der Waals surface area (Å²) in [7, 11) is 0. The molecule has 0 spiro atoms. The van der Waals surface area contributed by atoms with Gasteiger partial charge in [0.15, 0.2) is 0 Å². The van der Waals surface area contributed by atoms with Gasteiger partial charge in [0, 0.05) is 10.6 Å². The van der Waals surface area contributed by atoms with Gasteiger partial charge in [0.25, 0.3) is 0 Å². The zero-order valence-corrected chi connectivity index (χ0v) is 11.9. The van der Waals surface area contributed by atoms with Crippen LogP contribution in [0.25, 0.3) is 0 Å². The number of carbonyl (C=O) groups is 1. The van der Waals surface area contributed by atoms with Crippen molar-refractivity contribution in [1.82, 2.24) is 0 Å². The number of rotatable bonds is 1. The number of halogens is 1. The number of benzene rings is 1. The van der Waals surface area contributed by atoms with Gasteiger partial charge in [-0.2, -0.15) is 0 Å². The molecule has 2 aliphatic rings. The SMILES string of the molecule is C[C@@]12CCC[C@@](C)(C1)c1cc(Cl)cc(C(=O)O)c1O2. The van der Waals surface area contributed by atoms with Crippen molar-refractivity contribution >= 4 is 17.6 Å². The highest BCUT2D eigenvalue weighted by Crippen LogP contribution is 2.54. The zero-order chi connectivity index (χ0) is 13.8. The molecule has 4 heteroatoms. The van der Waals surface area contributed by atoms with Crippen LogP contribution in [0.5, 0.6) is 5.75 Å². The third kappa shape index (κ3) is 1.91. The third-order valence-corrected chi connectivity index (χ3v) is 4.70. The lowest BCUT2D eigenvalue weighted by Gasteiger charge is -2.50. The number of carboxylic acids is 1. The van der Waals surface area contributed by atoms with Crippen LogP contribution >= 0.6 is 11.6 Å². The summed E-state index contributed by atoms with van der Waals surface area (Å²) < 4.78 is 6.06. The molecule has 1 N–H and O–H groups in total. The summed E-state index contributed by atoms with van der Waals surface area (Å²) in [5.74, 6) is -0.459. The van der Waals surface area contributed by atoms with E-state index in [0.29, 0.717) is 10.8 Å². The van der Waals surface area contributed by atoms with Crippen LogP contribution in [0.3, 0.4) is 0 Å². The molecule has 1 aromatic carbocycles. The van der Waals surface area contributed by atoms with E-state index in [1.54, 1.807) is 0 Å². The van der Waals surface area contributed by atoms with E-state index in [4.69, 9.17) is 16.3 Å². The minimum absolute atomic E-state index is 0.0321. The van der Waals surface area contributed by atoms with Crippen molar-refractivity contribution in [1.29, 1.82) is 0 Å². The van der Waals surface area contributed by atoms with Crippen molar-refractivity contribution in [2.45, 2.75) is 50.5 Å². The Labute approximate surface area is 117 Å². The van der Waals surface area contributed by atoms with Gasteiger partial charge in [-0.15, -0.1) is 0 Å². The van der Waals surface area contributed by atoms with E-state index >= 15 is 0 Å². The molecule has 2 bridgehead atoms. The Kier molecular flexibility index (Phi) is 2.62.